The van der Waals surface area contributed by atoms with Gasteiger partial charge in [0.1, 0.15) is 0 Å². The van der Waals surface area contributed by atoms with Crippen molar-refractivity contribution in [3.8, 4) is 0 Å². The highest BCUT2D eigenvalue weighted by molar-refractivity contribution is 9.10. The molecule has 2 rings (SSSR count). The molecule has 0 atom stereocenters. The Morgan fingerprint density at radius 2 is 1.75 bits per heavy atom. The van der Waals surface area contributed by atoms with Gasteiger partial charge in [0.25, 0.3) is 0 Å². The molecular formula is C13H11BrClN. The third-order valence-corrected chi connectivity index (χ3v) is 3.07. The second kappa shape index (κ2) is 4.89. The van der Waals surface area contributed by atoms with Gasteiger partial charge >= 0.3 is 0 Å². The standard InChI is InChI=1S/C13H11BrClN/c1-9-2-3-10(14)8-13(9)16-12-6-4-11(15)5-7-12/h2-8,16H,1H3. The first-order valence-corrected chi connectivity index (χ1v) is 6.11. The van der Waals surface area contributed by atoms with Crippen LogP contribution in [-0.2, 0) is 0 Å². The van der Waals surface area contributed by atoms with Crippen molar-refractivity contribution in [1.29, 1.82) is 0 Å². The Hall–Kier alpha value is -0.990. The van der Waals surface area contributed by atoms with Gasteiger partial charge in [-0.2, -0.15) is 0 Å². The first kappa shape index (κ1) is 11.5. The lowest BCUT2D eigenvalue weighted by Gasteiger charge is -2.10. The number of rotatable bonds is 2. The predicted molar refractivity (Wildman–Crippen MR) is 73.6 cm³/mol. The predicted octanol–water partition coefficient (Wildman–Crippen LogP) is 5.15. The van der Waals surface area contributed by atoms with Crippen molar-refractivity contribution in [3.63, 3.8) is 0 Å². The molecule has 0 bridgehead atoms. The van der Waals surface area contributed by atoms with Crippen LogP contribution in [-0.4, -0.2) is 0 Å². The van der Waals surface area contributed by atoms with E-state index in [0.717, 1.165) is 20.9 Å². The molecule has 3 heteroatoms. The monoisotopic (exact) mass is 295 g/mol. The normalized spacial score (nSPS) is 10.2. The van der Waals surface area contributed by atoms with Crippen molar-refractivity contribution in [2.75, 3.05) is 5.32 Å². The molecule has 0 fully saturated rings. The lowest BCUT2D eigenvalue weighted by molar-refractivity contribution is 1.42. The number of aryl methyl sites for hydroxylation is 1. The van der Waals surface area contributed by atoms with E-state index < -0.39 is 0 Å². The van der Waals surface area contributed by atoms with Crippen LogP contribution in [0.3, 0.4) is 0 Å². The van der Waals surface area contributed by atoms with E-state index in [1.807, 2.05) is 30.3 Å². The zero-order chi connectivity index (χ0) is 11.5. The van der Waals surface area contributed by atoms with Crippen LogP contribution in [0.1, 0.15) is 5.56 Å². The Morgan fingerprint density at radius 1 is 1.06 bits per heavy atom. The quantitative estimate of drug-likeness (QED) is 0.807. The molecule has 82 valence electrons. The van der Waals surface area contributed by atoms with Crippen molar-refractivity contribution in [3.05, 3.63) is 57.5 Å². The summed E-state index contributed by atoms with van der Waals surface area (Å²) in [6, 6.07) is 13.8. The largest absolute Gasteiger partial charge is 0.355 e. The third-order valence-electron chi connectivity index (χ3n) is 2.32. The minimum Gasteiger partial charge on any atom is -0.355 e. The van der Waals surface area contributed by atoms with Crippen LogP contribution in [0.5, 0.6) is 0 Å². The summed E-state index contributed by atoms with van der Waals surface area (Å²) in [5.74, 6) is 0. The van der Waals surface area contributed by atoms with Crippen molar-refractivity contribution in [2.24, 2.45) is 0 Å². The highest BCUT2D eigenvalue weighted by Gasteiger charge is 1.99. The van der Waals surface area contributed by atoms with Crippen LogP contribution < -0.4 is 5.32 Å². The topological polar surface area (TPSA) is 12.0 Å². The first-order valence-electron chi connectivity index (χ1n) is 4.94. The fraction of sp³-hybridized carbons (Fsp3) is 0.0769. The van der Waals surface area contributed by atoms with Crippen LogP contribution >= 0.6 is 27.5 Å². The van der Waals surface area contributed by atoms with E-state index in [0.29, 0.717) is 0 Å². The minimum atomic E-state index is 0.747. The minimum absolute atomic E-state index is 0.747. The smallest absolute Gasteiger partial charge is 0.0425 e. The van der Waals surface area contributed by atoms with Crippen LogP contribution in [0.2, 0.25) is 5.02 Å². The molecule has 2 aromatic rings. The van der Waals surface area contributed by atoms with Crippen molar-refractivity contribution < 1.29 is 0 Å². The average molecular weight is 297 g/mol. The van der Waals surface area contributed by atoms with E-state index in [1.165, 1.54) is 5.56 Å². The summed E-state index contributed by atoms with van der Waals surface area (Å²) in [6.07, 6.45) is 0. The molecule has 1 nitrogen and oxygen atoms in total. The Morgan fingerprint density at radius 3 is 2.44 bits per heavy atom. The van der Waals surface area contributed by atoms with Gasteiger partial charge in [-0.05, 0) is 48.9 Å². The fourth-order valence-corrected chi connectivity index (χ4v) is 1.90. The summed E-state index contributed by atoms with van der Waals surface area (Å²) in [5.41, 5.74) is 3.33. The number of anilines is 2. The Kier molecular flexibility index (Phi) is 3.52. The average Bonchev–Trinajstić information content (AvgIpc) is 2.27. The van der Waals surface area contributed by atoms with Crippen molar-refractivity contribution >= 4 is 38.9 Å². The lowest BCUT2D eigenvalue weighted by atomic mass is 10.2. The van der Waals surface area contributed by atoms with Gasteiger partial charge in [-0.1, -0.05) is 33.6 Å². The van der Waals surface area contributed by atoms with Gasteiger partial charge in [0.2, 0.25) is 0 Å². The van der Waals surface area contributed by atoms with Crippen molar-refractivity contribution in [1.82, 2.24) is 0 Å². The summed E-state index contributed by atoms with van der Waals surface area (Å²) in [5, 5.41) is 4.10. The Bertz CT molecular complexity index is 494. The summed E-state index contributed by atoms with van der Waals surface area (Å²) in [4.78, 5) is 0. The van der Waals surface area contributed by atoms with Gasteiger partial charge < -0.3 is 5.32 Å². The highest BCUT2D eigenvalue weighted by atomic mass is 79.9. The maximum absolute atomic E-state index is 5.84. The van der Waals surface area contributed by atoms with E-state index in [2.05, 4.69) is 40.3 Å². The molecular weight excluding hydrogens is 286 g/mol. The molecule has 0 heterocycles. The lowest BCUT2D eigenvalue weighted by Crippen LogP contribution is -1.92. The van der Waals surface area contributed by atoms with E-state index in [4.69, 9.17) is 11.6 Å². The zero-order valence-corrected chi connectivity index (χ0v) is 11.1. The first-order chi connectivity index (χ1) is 7.65. The van der Waals surface area contributed by atoms with Gasteiger partial charge in [0.05, 0.1) is 0 Å². The molecule has 0 saturated heterocycles. The fourth-order valence-electron chi connectivity index (χ4n) is 1.42. The summed E-state index contributed by atoms with van der Waals surface area (Å²) >= 11 is 9.30. The van der Waals surface area contributed by atoms with Gasteiger partial charge in [-0.25, -0.2) is 0 Å². The molecule has 0 saturated carbocycles. The maximum atomic E-state index is 5.84. The second-order valence-corrected chi connectivity index (χ2v) is 4.94. The Labute approximate surface area is 109 Å². The number of halogens is 2. The van der Waals surface area contributed by atoms with Gasteiger partial charge in [0, 0.05) is 20.9 Å². The highest BCUT2D eigenvalue weighted by Crippen LogP contribution is 2.25. The van der Waals surface area contributed by atoms with Crippen LogP contribution in [0.15, 0.2) is 46.9 Å². The number of benzene rings is 2. The van der Waals surface area contributed by atoms with E-state index in [-0.39, 0.29) is 0 Å². The van der Waals surface area contributed by atoms with Crippen LogP contribution in [0.25, 0.3) is 0 Å². The Balaban J connectivity index is 2.26. The third kappa shape index (κ3) is 2.77. The SMILES string of the molecule is Cc1ccc(Br)cc1Nc1ccc(Cl)cc1. The molecule has 16 heavy (non-hydrogen) atoms. The van der Waals surface area contributed by atoms with Gasteiger partial charge in [0.15, 0.2) is 0 Å². The molecule has 0 aliphatic carbocycles. The molecule has 0 aromatic heterocycles. The van der Waals surface area contributed by atoms with Gasteiger partial charge in [-0.3, -0.25) is 0 Å². The van der Waals surface area contributed by atoms with E-state index in [9.17, 15) is 0 Å². The number of hydrogen-bond donors (Lipinski definition) is 1. The van der Waals surface area contributed by atoms with Crippen LogP contribution in [0.4, 0.5) is 11.4 Å². The summed E-state index contributed by atoms with van der Waals surface area (Å²) < 4.78 is 1.06. The maximum Gasteiger partial charge on any atom is 0.0425 e. The van der Waals surface area contributed by atoms with Crippen LogP contribution in [0, 0.1) is 6.92 Å². The van der Waals surface area contributed by atoms with Crippen molar-refractivity contribution in [2.45, 2.75) is 6.92 Å². The van der Waals surface area contributed by atoms with E-state index in [1.54, 1.807) is 0 Å². The summed E-state index contributed by atoms with van der Waals surface area (Å²) in [6.45, 7) is 2.07. The second-order valence-electron chi connectivity index (χ2n) is 3.59. The van der Waals surface area contributed by atoms with E-state index >= 15 is 0 Å². The molecule has 0 amide bonds. The molecule has 0 aliphatic heterocycles. The molecule has 2 aromatic carbocycles. The number of hydrogen-bond acceptors (Lipinski definition) is 1. The molecule has 1 N–H and O–H groups in total. The zero-order valence-electron chi connectivity index (χ0n) is 8.80. The van der Waals surface area contributed by atoms with Gasteiger partial charge in [-0.15, -0.1) is 0 Å². The molecule has 0 unspecified atom stereocenters. The molecule has 0 spiro atoms. The summed E-state index contributed by atoms with van der Waals surface area (Å²) in [7, 11) is 0. The number of nitrogens with one attached hydrogen (secondary N) is 1. The molecule has 0 aliphatic rings. The molecule has 0 radical (unpaired) electrons.